The van der Waals surface area contributed by atoms with Gasteiger partial charge >= 0.3 is 12.0 Å². The molecule has 0 aliphatic carbocycles. The summed E-state index contributed by atoms with van der Waals surface area (Å²) in [6, 6.07) is 3.51. The van der Waals surface area contributed by atoms with E-state index in [2.05, 4.69) is 5.32 Å². The Labute approximate surface area is 114 Å². The van der Waals surface area contributed by atoms with Gasteiger partial charge in [-0.2, -0.15) is 0 Å². The number of ether oxygens (including phenoxy) is 1. The lowest BCUT2D eigenvalue weighted by Gasteiger charge is -2.06. The lowest BCUT2D eigenvalue weighted by molar-refractivity contribution is -0.123. The van der Waals surface area contributed by atoms with Crippen molar-refractivity contribution in [3.63, 3.8) is 0 Å². The zero-order chi connectivity index (χ0) is 14.4. The molecule has 7 nitrogen and oxygen atoms in total. The van der Waals surface area contributed by atoms with Crippen molar-refractivity contribution in [3.8, 4) is 0 Å². The van der Waals surface area contributed by atoms with Gasteiger partial charge in [0.1, 0.15) is 0 Å². The average molecular weight is 286 g/mol. The zero-order valence-corrected chi connectivity index (χ0v) is 10.8. The smallest absolute Gasteiger partial charge is 0.338 e. The van der Waals surface area contributed by atoms with E-state index in [1.807, 2.05) is 5.32 Å². The molecule has 102 valence electrons. The molecule has 0 saturated heterocycles. The highest BCUT2D eigenvalue weighted by Gasteiger charge is 2.12. The highest BCUT2D eigenvalue weighted by Crippen LogP contribution is 2.19. The SMILES string of the molecule is CNC(=O)NC(=O)COC(=O)c1ccc(Cl)c(N)c1. The second kappa shape index (κ2) is 6.60. The number of nitrogen functional groups attached to an aromatic ring is 1. The number of urea groups is 1. The van der Waals surface area contributed by atoms with Crippen molar-refractivity contribution in [2.45, 2.75) is 0 Å². The quantitative estimate of drug-likeness (QED) is 0.554. The van der Waals surface area contributed by atoms with Crippen LogP contribution in [0.1, 0.15) is 10.4 Å². The minimum Gasteiger partial charge on any atom is -0.452 e. The van der Waals surface area contributed by atoms with Crippen LogP contribution in [0.2, 0.25) is 5.02 Å². The van der Waals surface area contributed by atoms with E-state index >= 15 is 0 Å². The van der Waals surface area contributed by atoms with E-state index in [9.17, 15) is 14.4 Å². The Hall–Kier alpha value is -2.28. The molecule has 0 unspecified atom stereocenters. The molecule has 1 aromatic carbocycles. The molecule has 0 saturated carbocycles. The van der Waals surface area contributed by atoms with Crippen LogP contribution in [0.25, 0.3) is 0 Å². The average Bonchev–Trinajstić information content (AvgIpc) is 2.39. The minimum absolute atomic E-state index is 0.162. The van der Waals surface area contributed by atoms with Crippen LogP contribution in [0.4, 0.5) is 10.5 Å². The van der Waals surface area contributed by atoms with Gasteiger partial charge in [-0.05, 0) is 18.2 Å². The lowest BCUT2D eigenvalue weighted by atomic mass is 10.2. The Balaban J connectivity index is 2.53. The van der Waals surface area contributed by atoms with Gasteiger partial charge in [0.2, 0.25) is 0 Å². The third kappa shape index (κ3) is 4.47. The van der Waals surface area contributed by atoms with Crippen molar-refractivity contribution in [1.82, 2.24) is 10.6 Å². The first-order valence-electron chi connectivity index (χ1n) is 5.17. The number of imide groups is 1. The van der Waals surface area contributed by atoms with E-state index < -0.39 is 24.5 Å². The molecule has 0 atom stereocenters. The van der Waals surface area contributed by atoms with Crippen LogP contribution >= 0.6 is 11.6 Å². The second-order valence-corrected chi connectivity index (χ2v) is 3.85. The fourth-order valence-corrected chi connectivity index (χ4v) is 1.23. The topological polar surface area (TPSA) is 111 Å². The summed E-state index contributed by atoms with van der Waals surface area (Å²) in [6.45, 7) is -0.575. The molecule has 19 heavy (non-hydrogen) atoms. The summed E-state index contributed by atoms with van der Waals surface area (Å²) < 4.78 is 4.70. The van der Waals surface area contributed by atoms with Gasteiger partial charge in [0.15, 0.2) is 6.61 Å². The molecule has 1 aromatic rings. The van der Waals surface area contributed by atoms with E-state index in [0.29, 0.717) is 5.02 Å². The molecule has 0 spiro atoms. The van der Waals surface area contributed by atoms with Crippen molar-refractivity contribution in [2.75, 3.05) is 19.4 Å². The van der Waals surface area contributed by atoms with Gasteiger partial charge in [-0.3, -0.25) is 10.1 Å². The number of esters is 1. The zero-order valence-electron chi connectivity index (χ0n) is 10.0. The van der Waals surface area contributed by atoms with Crippen LogP contribution in [-0.4, -0.2) is 31.6 Å². The Bertz CT molecular complexity index is 519. The van der Waals surface area contributed by atoms with Crippen LogP contribution in [0.3, 0.4) is 0 Å². The van der Waals surface area contributed by atoms with Gasteiger partial charge in [0.05, 0.1) is 16.3 Å². The van der Waals surface area contributed by atoms with Gasteiger partial charge in [-0.1, -0.05) is 11.6 Å². The summed E-state index contributed by atoms with van der Waals surface area (Å²) in [5.74, 6) is -1.48. The number of carbonyl (C=O) groups excluding carboxylic acids is 3. The number of hydrogen-bond donors (Lipinski definition) is 3. The molecular weight excluding hydrogens is 274 g/mol. The number of rotatable bonds is 3. The predicted octanol–water partition coefficient (Wildman–Crippen LogP) is 0.535. The van der Waals surface area contributed by atoms with Crippen molar-refractivity contribution in [1.29, 1.82) is 0 Å². The van der Waals surface area contributed by atoms with Gasteiger partial charge in [-0.15, -0.1) is 0 Å². The number of anilines is 1. The third-order valence-corrected chi connectivity index (χ3v) is 2.39. The van der Waals surface area contributed by atoms with Gasteiger partial charge in [-0.25, -0.2) is 9.59 Å². The molecule has 4 N–H and O–H groups in total. The van der Waals surface area contributed by atoms with Crippen molar-refractivity contribution < 1.29 is 19.1 Å². The summed E-state index contributed by atoms with van der Waals surface area (Å²) in [5.41, 5.74) is 5.92. The number of carbonyl (C=O) groups is 3. The molecule has 0 bridgehead atoms. The van der Waals surface area contributed by atoms with Crippen LogP contribution in [0.5, 0.6) is 0 Å². The molecule has 3 amide bonds. The van der Waals surface area contributed by atoms with E-state index in [1.165, 1.54) is 25.2 Å². The number of nitrogens with one attached hydrogen (secondary N) is 2. The number of hydrogen-bond acceptors (Lipinski definition) is 5. The summed E-state index contributed by atoms with van der Waals surface area (Å²) in [7, 11) is 1.35. The largest absolute Gasteiger partial charge is 0.452 e. The minimum atomic E-state index is -0.741. The third-order valence-electron chi connectivity index (χ3n) is 2.05. The normalized spacial score (nSPS) is 9.58. The first kappa shape index (κ1) is 14.8. The van der Waals surface area contributed by atoms with Gasteiger partial charge in [0, 0.05) is 7.05 Å². The van der Waals surface area contributed by atoms with Gasteiger partial charge in [0.25, 0.3) is 5.91 Å². The molecule has 0 fully saturated rings. The Kier molecular flexibility index (Phi) is 5.13. The van der Waals surface area contributed by atoms with E-state index in [0.717, 1.165) is 0 Å². The Morgan fingerprint density at radius 1 is 1.37 bits per heavy atom. The van der Waals surface area contributed by atoms with Crippen molar-refractivity contribution >= 4 is 35.2 Å². The van der Waals surface area contributed by atoms with Crippen LogP contribution < -0.4 is 16.4 Å². The molecular formula is C11H12ClN3O4. The van der Waals surface area contributed by atoms with E-state index in [-0.39, 0.29) is 11.3 Å². The maximum Gasteiger partial charge on any atom is 0.338 e. The number of benzene rings is 1. The summed E-state index contributed by atoms with van der Waals surface area (Å²) >= 11 is 5.70. The molecule has 0 radical (unpaired) electrons. The fraction of sp³-hybridized carbons (Fsp3) is 0.182. The first-order chi connectivity index (χ1) is 8.93. The molecule has 1 rings (SSSR count). The summed E-state index contributed by atoms with van der Waals surface area (Å²) in [5, 5.41) is 4.45. The van der Waals surface area contributed by atoms with Gasteiger partial charge < -0.3 is 15.8 Å². The maximum atomic E-state index is 11.6. The van der Waals surface area contributed by atoms with E-state index in [1.54, 1.807) is 0 Å². The standard InChI is InChI=1S/C11H12ClN3O4/c1-14-11(18)15-9(16)5-19-10(17)6-2-3-7(12)8(13)4-6/h2-4H,5,13H2,1H3,(H2,14,15,16,18). The highest BCUT2D eigenvalue weighted by molar-refractivity contribution is 6.33. The monoisotopic (exact) mass is 285 g/mol. The van der Waals surface area contributed by atoms with Crippen molar-refractivity contribution in [2.24, 2.45) is 0 Å². The number of nitrogens with two attached hydrogens (primary N) is 1. The van der Waals surface area contributed by atoms with Crippen molar-refractivity contribution in [3.05, 3.63) is 28.8 Å². The fourth-order valence-electron chi connectivity index (χ4n) is 1.11. The molecule has 0 aliphatic heterocycles. The maximum absolute atomic E-state index is 11.6. The Morgan fingerprint density at radius 3 is 2.63 bits per heavy atom. The number of amides is 3. The number of halogens is 1. The molecule has 8 heteroatoms. The highest BCUT2D eigenvalue weighted by atomic mass is 35.5. The summed E-state index contributed by atoms with van der Waals surface area (Å²) in [4.78, 5) is 33.5. The molecule has 0 aromatic heterocycles. The van der Waals surface area contributed by atoms with Crippen LogP contribution in [0.15, 0.2) is 18.2 Å². The molecule has 0 aliphatic rings. The second-order valence-electron chi connectivity index (χ2n) is 3.44. The predicted molar refractivity (Wildman–Crippen MR) is 68.7 cm³/mol. The summed E-state index contributed by atoms with van der Waals surface area (Å²) in [6.07, 6.45) is 0. The van der Waals surface area contributed by atoms with E-state index in [4.69, 9.17) is 22.1 Å². The lowest BCUT2D eigenvalue weighted by Crippen LogP contribution is -2.39. The Morgan fingerprint density at radius 2 is 2.05 bits per heavy atom. The first-order valence-corrected chi connectivity index (χ1v) is 5.55. The molecule has 0 heterocycles. The van der Waals surface area contributed by atoms with Crippen LogP contribution in [-0.2, 0) is 9.53 Å². The van der Waals surface area contributed by atoms with Crippen LogP contribution in [0, 0.1) is 0 Å².